The number of benzene rings is 3. The van der Waals surface area contributed by atoms with Gasteiger partial charge in [-0.15, -0.1) is 0 Å². The Hall–Kier alpha value is -2.17. The first kappa shape index (κ1) is 47.8. The van der Waals surface area contributed by atoms with E-state index < -0.39 is 23.5 Å². The Morgan fingerprint density at radius 3 is 1.84 bits per heavy atom. The van der Waals surface area contributed by atoms with Gasteiger partial charge in [-0.25, -0.2) is 4.79 Å². The van der Waals surface area contributed by atoms with E-state index in [-0.39, 0.29) is 56.6 Å². The lowest BCUT2D eigenvalue weighted by Gasteiger charge is -2.72. The molecule has 62 heavy (non-hydrogen) atoms. The number of halogens is 3. The molecular weight excluding hydrogens is 894 g/mol. The number of alkyl halides is 2. The van der Waals surface area contributed by atoms with Crippen molar-refractivity contribution in [1.82, 2.24) is 0 Å². The van der Waals surface area contributed by atoms with Crippen molar-refractivity contribution in [2.45, 2.75) is 130 Å². The van der Waals surface area contributed by atoms with Gasteiger partial charge in [-0.3, -0.25) is 4.79 Å². The molecule has 0 radical (unpaired) electrons. The Bertz CT molecular complexity index is 1970. The van der Waals surface area contributed by atoms with Gasteiger partial charge in [0.1, 0.15) is 29.3 Å². The number of esters is 2. The van der Waals surface area contributed by atoms with Crippen molar-refractivity contribution >= 4 is 58.3 Å². The average molecular weight is 965 g/mol. The molecule has 0 amide bonds. The van der Waals surface area contributed by atoms with E-state index in [4.69, 9.17) is 32.7 Å². The van der Waals surface area contributed by atoms with Crippen molar-refractivity contribution in [2.75, 3.05) is 12.8 Å². The Morgan fingerprint density at radius 2 is 1.29 bits per heavy atom. The maximum Gasteiger partial charge on any atom is 0.339 e. The minimum atomic E-state index is -1.94. The summed E-state index contributed by atoms with van der Waals surface area (Å²) >= 11 is 11.9. The Kier molecular flexibility index (Phi) is 14.1. The number of ether oxygens (including phenoxy) is 2. The smallest absolute Gasteiger partial charge is 0.339 e. The molecule has 8 rings (SSSR count). The number of rotatable bonds is 12. The molecule has 0 heterocycles. The van der Waals surface area contributed by atoms with Crippen LogP contribution in [-0.4, -0.2) is 35.6 Å². The van der Waals surface area contributed by atoms with E-state index in [1.54, 1.807) is 0 Å². The van der Waals surface area contributed by atoms with Gasteiger partial charge in [-0.1, -0.05) is 125 Å². The summed E-state index contributed by atoms with van der Waals surface area (Å²) in [5.41, 5.74) is 0.990. The number of carbonyl (C=O) groups excluding carboxylic acids is 2. The summed E-state index contributed by atoms with van der Waals surface area (Å²) in [6.45, 7) is 19.7. The molecule has 0 saturated heterocycles. The highest BCUT2D eigenvalue weighted by molar-refractivity contribution is 7.95. The van der Waals surface area contributed by atoms with Gasteiger partial charge in [0, 0.05) is 5.41 Å². The van der Waals surface area contributed by atoms with Crippen LogP contribution >= 0.6 is 30.5 Å². The predicted molar refractivity (Wildman–Crippen MR) is 255 cm³/mol. The van der Waals surface area contributed by atoms with Gasteiger partial charge >= 0.3 is 11.9 Å². The summed E-state index contributed by atoms with van der Waals surface area (Å²) in [7, 11) is -1.94. The predicted octanol–water partition coefficient (Wildman–Crippen LogP) is 9.68. The Labute approximate surface area is 394 Å². The van der Waals surface area contributed by atoms with Crippen molar-refractivity contribution < 1.29 is 36.0 Å². The molecule has 336 valence electrons. The van der Waals surface area contributed by atoms with E-state index in [9.17, 15) is 9.59 Å². The topological polar surface area (TPSA) is 52.6 Å². The fourth-order valence-corrected chi connectivity index (χ4v) is 20.0. The molecule has 10 atom stereocenters. The van der Waals surface area contributed by atoms with Crippen LogP contribution in [0.2, 0.25) is 0 Å². The van der Waals surface area contributed by atoms with Gasteiger partial charge < -0.3 is 26.5 Å². The van der Waals surface area contributed by atoms with Crippen molar-refractivity contribution in [2.24, 2.45) is 56.7 Å². The standard InChI is InChI=1S/C54H70Cl2O4P.BrH/c1-37(2)41-27-32-54(49(58)59-35-17-18-36-61(38-19-11-8-12-20-38,39-21-13-9-14-22-39)40-23-15-10-16-24-40)34-33-52(6)42(46(41)54)25-26-44-51(5)30-29-45(60-48(57)47(55)56)50(3,4)43(51)28-31-53(44,52)7;/h8-16,19-24,41-47H,1,17-18,25-36H2,2-7H3;1H/q+1;/p-1/t41-,42+,43-,44+,45-,46+,51-,52+,53+,54-;/m0./s1. The second kappa shape index (κ2) is 18.2. The van der Waals surface area contributed by atoms with Crippen LogP contribution in [0.4, 0.5) is 0 Å². The number of fused-ring (bicyclic) bond motifs is 7. The molecule has 0 N–H and O–H groups in total. The van der Waals surface area contributed by atoms with Gasteiger partial charge in [0.25, 0.3) is 0 Å². The molecule has 0 unspecified atom stereocenters. The number of hydrogen-bond acceptors (Lipinski definition) is 4. The monoisotopic (exact) mass is 962 g/mol. The minimum absolute atomic E-state index is 0. The molecule has 0 bridgehead atoms. The fraction of sp³-hybridized carbons (Fsp3) is 0.593. The molecule has 5 fully saturated rings. The highest BCUT2D eigenvalue weighted by Crippen LogP contribution is 2.77. The molecule has 8 heteroatoms. The van der Waals surface area contributed by atoms with Crippen LogP contribution in [0.25, 0.3) is 0 Å². The van der Waals surface area contributed by atoms with Gasteiger partial charge in [0.2, 0.25) is 4.84 Å². The third-order valence-electron chi connectivity index (χ3n) is 18.6. The largest absolute Gasteiger partial charge is 1.00 e. The fourth-order valence-electron chi connectivity index (χ4n) is 15.5. The van der Waals surface area contributed by atoms with Gasteiger partial charge in [-0.05, 0) is 166 Å². The third kappa shape index (κ3) is 7.69. The molecule has 0 aromatic heterocycles. The molecule has 3 aromatic carbocycles. The van der Waals surface area contributed by atoms with Crippen LogP contribution in [0.5, 0.6) is 0 Å². The minimum Gasteiger partial charge on any atom is -1.00 e. The quantitative estimate of drug-likeness (QED) is 0.0597. The summed E-state index contributed by atoms with van der Waals surface area (Å²) < 4.78 is 12.5. The summed E-state index contributed by atoms with van der Waals surface area (Å²) in [6, 6.07) is 33.3. The number of allylic oxidation sites excluding steroid dienone is 1. The van der Waals surface area contributed by atoms with E-state index in [0.717, 1.165) is 76.8 Å². The van der Waals surface area contributed by atoms with Crippen LogP contribution in [0.3, 0.4) is 0 Å². The van der Waals surface area contributed by atoms with Crippen LogP contribution in [0.15, 0.2) is 103 Å². The lowest BCUT2D eigenvalue weighted by Crippen LogP contribution is -3.00. The first-order chi connectivity index (χ1) is 29.1. The van der Waals surface area contributed by atoms with Gasteiger partial charge in [-0.2, -0.15) is 0 Å². The first-order valence-corrected chi connectivity index (χ1v) is 26.3. The number of unbranched alkanes of at least 4 members (excludes halogenated alkanes) is 1. The van der Waals surface area contributed by atoms with Crippen molar-refractivity contribution in [3.05, 3.63) is 103 Å². The Morgan fingerprint density at radius 1 is 0.710 bits per heavy atom. The molecule has 4 nitrogen and oxygen atoms in total. The summed E-state index contributed by atoms with van der Waals surface area (Å²) in [5, 5.41) is 4.19. The van der Waals surface area contributed by atoms with Gasteiger partial charge in [0.15, 0.2) is 0 Å². The second-order valence-electron chi connectivity index (χ2n) is 21.3. The lowest BCUT2D eigenvalue weighted by molar-refractivity contribution is -0.250. The van der Waals surface area contributed by atoms with Crippen LogP contribution in [0, 0.1) is 56.7 Å². The highest BCUT2D eigenvalue weighted by atomic mass is 79.9. The van der Waals surface area contributed by atoms with Crippen molar-refractivity contribution in [1.29, 1.82) is 0 Å². The summed E-state index contributed by atoms with van der Waals surface area (Å²) in [5.74, 6) is 1.58. The third-order valence-corrected chi connectivity index (χ3v) is 23.4. The maximum atomic E-state index is 14.9. The molecule has 0 spiro atoms. The van der Waals surface area contributed by atoms with E-state index in [2.05, 4.69) is 139 Å². The zero-order chi connectivity index (χ0) is 43.4. The zero-order valence-electron chi connectivity index (χ0n) is 38.0. The molecule has 0 aliphatic heterocycles. The molecule has 3 aromatic rings. The molecule has 5 saturated carbocycles. The maximum absolute atomic E-state index is 14.9. The number of carbonyl (C=O) groups is 2. The van der Waals surface area contributed by atoms with E-state index in [1.165, 1.54) is 27.9 Å². The van der Waals surface area contributed by atoms with Crippen LogP contribution < -0.4 is 32.9 Å². The van der Waals surface area contributed by atoms with Crippen LogP contribution in [0.1, 0.15) is 119 Å². The summed E-state index contributed by atoms with van der Waals surface area (Å²) in [4.78, 5) is 26.3. The normalized spacial score (nSPS) is 34.7. The second-order valence-corrected chi connectivity index (χ2v) is 26.0. The van der Waals surface area contributed by atoms with Crippen molar-refractivity contribution in [3.63, 3.8) is 0 Å². The molecule has 5 aliphatic carbocycles. The van der Waals surface area contributed by atoms with Crippen LogP contribution in [-0.2, 0) is 19.1 Å². The number of hydrogen-bond donors (Lipinski definition) is 0. The molecule has 5 aliphatic rings. The molecular formula is C54H70BrCl2O4P. The van der Waals surface area contributed by atoms with E-state index in [1.807, 2.05) is 0 Å². The lowest BCUT2D eigenvalue weighted by atomic mass is 9.32. The van der Waals surface area contributed by atoms with Gasteiger partial charge in [0.05, 0.1) is 18.2 Å². The van der Waals surface area contributed by atoms with E-state index >= 15 is 0 Å². The SMILES string of the molecule is C=C(C)[C@@H]1CC[C@]2(C(=O)OCCCC[P+](c3ccccc3)(c3ccccc3)c3ccccc3)CC[C@]3(C)[C@H](CC[C@@H]4[C@@]5(C)CC[C@H](OC(=O)C(Cl)Cl)C(C)(C)[C@@H]5CC[C@]43C)[C@@H]12.[Br-]. The van der Waals surface area contributed by atoms with E-state index in [0.29, 0.717) is 30.3 Å². The Balaban J connectivity index is 0.00000578. The zero-order valence-corrected chi connectivity index (χ0v) is 42.0. The highest BCUT2D eigenvalue weighted by Gasteiger charge is 2.72. The summed E-state index contributed by atoms with van der Waals surface area (Å²) in [6.07, 6.45) is 13.0. The average Bonchev–Trinajstić information content (AvgIpc) is 3.66. The first-order valence-electron chi connectivity index (χ1n) is 23.4. The van der Waals surface area contributed by atoms with Crippen molar-refractivity contribution in [3.8, 4) is 0 Å².